The van der Waals surface area contributed by atoms with Gasteiger partial charge in [0.2, 0.25) is 0 Å². The molecule has 0 unspecified atom stereocenters. The Bertz CT molecular complexity index is 627. The third-order valence-electron chi connectivity index (χ3n) is 2.94. The number of benzene rings is 1. The van der Waals surface area contributed by atoms with Gasteiger partial charge in [-0.2, -0.15) is 0 Å². The van der Waals surface area contributed by atoms with Crippen LogP contribution in [0.15, 0.2) is 46.0 Å². The molecule has 0 aliphatic carbocycles. The maximum atomic E-state index is 11.7. The average molecular weight is 259 g/mol. The average Bonchev–Trinajstić information content (AvgIpc) is 2.42. The van der Waals surface area contributed by atoms with Gasteiger partial charge in [-0.25, -0.2) is 4.79 Å². The summed E-state index contributed by atoms with van der Waals surface area (Å²) in [5, 5.41) is 0. The van der Waals surface area contributed by atoms with E-state index in [4.69, 9.17) is 0 Å². The van der Waals surface area contributed by atoms with E-state index in [1.165, 1.54) is 13.1 Å². The molecule has 0 amide bonds. The molecule has 1 heterocycles. The van der Waals surface area contributed by atoms with E-state index in [1.807, 2.05) is 35.2 Å². The Labute approximate surface area is 111 Å². The summed E-state index contributed by atoms with van der Waals surface area (Å²) in [6.45, 7) is 2.78. The molecule has 2 rings (SSSR count). The maximum absolute atomic E-state index is 11.7. The van der Waals surface area contributed by atoms with Crippen LogP contribution < -0.4 is 16.1 Å². The summed E-state index contributed by atoms with van der Waals surface area (Å²) in [5.74, 6) is 0.529. The Balaban J connectivity index is 2.52. The fraction of sp³-hybridized carbons (Fsp3) is 0.286. The normalized spacial score (nSPS) is 10.4. The van der Waals surface area contributed by atoms with Crippen molar-refractivity contribution in [3.63, 3.8) is 0 Å². The predicted octanol–water partition coefficient (Wildman–Crippen LogP) is 1.62. The van der Waals surface area contributed by atoms with Gasteiger partial charge < -0.3 is 4.90 Å². The first-order chi connectivity index (χ1) is 9.13. The summed E-state index contributed by atoms with van der Waals surface area (Å²) in [5.41, 5.74) is 0.239. The van der Waals surface area contributed by atoms with Gasteiger partial charge in [-0.05, 0) is 18.6 Å². The van der Waals surface area contributed by atoms with Gasteiger partial charge in [-0.15, -0.1) is 0 Å². The lowest BCUT2D eigenvalue weighted by Gasteiger charge is -2.23. The summed E-state index contributed by atoms with van der Waals surface area (Å²) in [7, 11) is 1.46. The molecule has 0 saturated heterocycles. The molecule has 0 fully saturated rings. The van der Waals surface area contributed by atoms with Crippen LogP contribution in [0.4, 0.5) is 11.5 Å². The van der Waals surface area contributed by atoms with Crippen LogP contribution in [-0.4, -0.2) is 16.1 Å². The molecule has 0 aliphatic rings. The molecule has 2 aromatic rings. The molecule has 0 atom stereocenters. The Morgan fingerprint density at radius 2 is 1.89 bits per heavy atom. The molecule has 1 aromatic heterocycles. The lowest BCUT2D eigenvalue weighted by Crippen LogP contribution is -2.34. The molecular weight excluding hydrogens is 242 g/mol. The molecule has 5 heteroatoms. The van der Waals surface area contributed by atoms with Crippen molar-refractivity contribution < 1.29 is 0 Å². The number of nitrogens with zero attached hydrogens (tertiary/aromatic N) is 2. The summed E-state index contributed by atoms with van der Waals surface area (Å²) < 4.78 is 1.05. The number of hydrogen-bond acceptors (Lipinski definition) is 3. The summed E-state index contributed by atoms with van der Waals surface area (Å²) in [6, 6.07) is 11.1. The monoisotopic (exact) mass is 259 g/mol. The number of rotatable bonds is 4. The predicted molar refractivity (Wildman–Crippen MR) is 76.0 cm³/mol. The van der Waals surface area contributed by atoms with Crippen LogP contribution >= 0.6 is 0 Å². The SMILES string of the molecule is CCCN(c1ccccc1)c1cc(=O)n(C)c(=O)[nH]1. The number of H-pyrrole nitrogens is 1. The van der Waals surface area contributed by atoms with Gasteiger partial charge in [-0.3, -0.25) is 14.3 Å². The highest BCUT2D eigenvalue weighted by molar-refractivity contribution is 5.59. The van der Waals surface area contributed by atoms with Crippen LogP contribution in [0.1, 0.15) is 13.3 Å². The molecule has 0 aliphatic heterocycles. The molecule has 0 radical (unpaired) electrons. The smallest absolute Gasteiger partial charge is 0.328 e. The summed E-state index contributed by atoms with van der Waals surface area (Å²) in [4.78, 5) is 28.1. The molecule has 1 aromatic carbocycles. The quantitative estimate of drug-likeness (QED) is 0.907. The van der Waals surface area contributed by atoms with Crippen molar-refractivity contribution in [2.45, 2.75) is 13.3 Å². The first kappa shape index (κ1) is 13.1. The Kier molecular flexibility index (Phi) is 3.85. The maximum Gasteiger partial charge on any atom is 0.329 e. The van der Waals surface area contributed by atoms with Gasteiger partial charge in [0.1, 0.15) is 5.82 Å². The Hall–Kier alpha value is -2.30. The Morgan fingerprint density at radius 1 is 1.21 bits per heavy atom. The second-order valence-electron chi connectivity index (χ2n) is 4.34. The largest absolute Gasteiger partial charge is 0.329 e. The zero-order valence-corrected chi connectivity index (χ0v) is 11.1. The van der Waals surface area contributed by atoms with E-state index in [9.17, 15) is 9.59 Å². The first-order valence-electron chi connectivity index (χ1n) is 6.26. The van der Waals surface area contributed by atoms with Crippen LogP contribution in [0.25, 0.3) is 0 Å². The van der Waals surface area contributed by atoms with E-state index in [0.717, 1.165) is 23.2 Å². The highest BCUT2D eigenvalue weighted by atomic mass is 16.2. The number of aromatic nitrogens is 2. The van der Waals surface area contributed by atoms with Crippen molar-refractivity contribution in [3.05, 3.63) is 57.2 Å². The van der Waals surface area contributed by atoms with Gasteiger partial charge in [-0.1, -0.05) is 25.1 Å². The number of para-hydroxylation sites is 1. The molecule has 19 heavy (non-hydrogen) atoms. The second kappa shape index (κ2) is 5.56. The van der Waals surface area contributed by atoms with Crippen LogP contribution in [-0.2, 0) is 7.05 Å². The zero-order chi connectivity index (χ0) is 13.8. The van der Waals surface area contributed by atoms with Crippen molar-refractivity contribution in [2.75, 3.05) is 11.4 Å². The van der Waals surface area contributed by atoms with Crippen molar-refractivity contribution in [1.82, 2.24) is 9.55 Å². The molecule has 1 N–H and O–H groups in total. The van der Waals surface area contributed by atoms with Crippen LogP contribution in [0.3, 0.4) is 0 Å². The third kappa shape index (κ3) is 2.76. The van der Waals surface area contributed by atoms with Crippen LogP contribution in [0, 0.1) is 0 Å². The van der Waals surface area contributed by atoms with Crippen molar-refractivity contribution in [1.29, 1.82) is 0 Å². The fourth-order valence-corrected chi connectivity index (χ4v) is 1.91. The van der Waals surface area contributed by atoms with Crippen LogP contribution in [0.2, 0.25) is 0 Å². The summed E-state index contributed by atoms with van der Waals surface area (Å²) >= 11 is 0. The molecule has 0 spiro atoms. The number of aromatic amines is 1. The van der Waals surface area contributed by atoms with E-state index >= 15 is 0 Å². The lowest BCUT2D eigenvalue weighted by molar-refractivity contribution is 0.762. The van der Waals surface area contributed by atoms with Crippen LogP contribution in [0.5, 0.6) is 0 Å². The molecule has 0 bridgehead atoms. The van der Waals surface area contributed by atoms with Gasteiger partial charge in [0.15, 0.2) is 0 Å². The first-order valence-corrected chi connectivity index (χ1v) is 6.26. The van der Waals surface area contributed by atoms with Gasteiger partial charge in [0.05, 0.1) is 0 Å². The molecule has 0 saturated carbocycles. The summed E-state index contributed by atoms with van der Waals surface area (Å²) in [6.07, 6.45) is 0.909. The van der Waals surface area contributed by atoms with E-state index in [0.29, 0.717) is 5.82 Å². The minimum atomic E-state index is -0.403. The second-order valence-corrected chi connectivity index (χ2v) is 4.34. The highest BCUT2D eigenvalue weighted by Crippen LogP contribution is 2.21. The molecule has 5 nitrogen and oxygen atoms in total. The van der Waals surface area contributed by atoms with Gasteiger partial charge >= 0.3 is 5.69 Å². The van der Waals surface area contributed by atoms with Gasteiger partial charge in [0, 0.05) is 25.3 Å². The van der Waals surface area contributed by atoms with E-state index < -0.39 is 5.69 Å². The zero-order valence-electron chi connectivity index (χ0n) is 11.1. The number of nitrogens with one attached hydrogen (secondary N) is 1. The topological polar surface area (TPSA) is 58.1 Å². The Morgan fingerprint density at radius 3 is 2.47 bits per heavy atom. The van der Waals surface area contributed by atoms with E-state index in [1.54, 1.807) is 0 Å². The standard InChI is InChI=1S/C14H17N3O2/c1-3-9-17(11-7-5-4-6-8-11)12-10-13(18)16(2)14(19)15-12/h4-8,10H,3,9H2,1-2H3,(H,15,19). The van der Waals surface area contributed by atoms with Gasteiger partial charge in [0.25, 0.3) is 5.56 Å². The molecular formula is C14H17N3O2. The highest BCUT2D eigenvalue weighted by Gasteiger charge is 2.10. The number of hydrogen-bond donors (Lipinski definition) is 1. The third-order valence-corrected chi connectivity index (χ3v) is 2.94. The fourth-order valence-electron chi connectivity index (χ4n) is 1.91. The van der Waals surface area contributed by atoms with E-state index in [-0.39, 0.29) is 5.56 Å². The van der Waals surface area contributed by atoms with Crippen molar-refractivity contribution >= 4 is 11.5 Å². The molecule has 100 valence electrons. The minimum absolute atomic E-state index is 0.309. The minimum Gasteiger partial charge on any atom is -0.328 e. The number of anilines is 2. The van der Waals surface area contributed by atoms with Crippen molar-refractivity contribution in [3.8, 4) is 0 Å². The van der Waals surface area contributed by atoms with E-state index in [2.05, 4.69) is 11.9 Å². The van der Waals surface area contributed by atoms with Crippen molar-refractivity contribution in [2.24, 2.45) is 7.05 Å². The lowest BCUT2D eigenvalue weighted by atomic mass is 10.2.